The van der Waals surface area contributed by atoms with Gasteiger partial charge < -0.3 is 14.7 Å². The number of ether oxygens (including phenoxy) is 1. The maximum atomic E-state index is 13.5. The highest BCUT2D eigenvalue weighted by Crippen LogP contribution is 2.52. The van der Waals surface area contributed by atoms with E-state index in [1.165, 1.54) is 12.1 Å². The minimum Gasteiger partial charge on any atom is -0.477 e. The van der Waals surface area contributed by atoms with Crippen molar-refractivity contribution in [2.45, 2.75) is 25.0 Å². The Labute approximate surface area is 147 Å². The SMILES string of the molecule is CN(C)CCCC1(c2ccc(C#N)cc2CO)Oc2cc(F)ccc21. The van der Waals surface area contributed by atoms with Gasteiger partial charge in [-0.25, -0.2) is 4.39 Å². The van der Waals surface area contributed by atoms with Gasteiger partial charge in [-0.05, 0) is 63.3 Å². The van der Waals surface area contributed by atoms with Gasteiger partial charge in [0.05, 0.1) is 18.2 Å². The van der Waals surface area contributed by atoms with Crippen molar-refractivity contribution in [3.05, 3.63) is 64.5 Å². The Hall–Kier alpha value is -2.42. The molecular weight excluding hydrogens is 319 g/mol. The summed E-state index contributed by atoms with van der Waals surface area (Å²) < 4.78 is 19.6. The van der Waals surface area contributed by atoms with E-state index in [1.807, 2.05) is 20.2 Å². The third-order valence-electron chi connectivity index (χ3n) is 4.64. The molecular formula is C20H21FN2O2. The summed E-state index contributed by atoms with van der Waals surface area (Å²) in [6.45, 7) is 0.715. The average Bonchev–Trinajstić information content (AvgIpc) is 2.58. The summed E-state index contributed by atoms with van der Waals surface area (Å²) in [4.78, 5) is 2.10. The highest BCUT2D eigenvalue weighted by atomic mass is 19.1. The smallest absolute Gasteiger partial charge is 0.163 e. The summed E-state index contributed by atoms with van der Waals surface area (Å²) in [5.41, 5.74) is 2.22. The summed E-state index contributed by atoms with van der Waals surface area (Å²) in [5.74, 6) is 0.209. The molecule has 25 heavy (non-hydrogen) atoms. The lowest BCUT2D eigenvalue weighted by Crippen LogP contribution is -2.44. The molecule has 0 radical (unpaired) electrons. The Morgan fingerprint density at radius 3 is 2.60 bits per heavy atom. The predicted molar refractivity (Wildman–Crippen MR) is 92.7 cm³/mol. The Morgan fingerprint density at radius 2 is 1.96 bits per heavy atom. The summed E-state index contributed by atoms with van der Waals surface area (Å²) in [6, 6.07) is 11.9. The monoisotopic (exact) mass is 340 g/mol. The van der Waals surface area contributed by atoms with Crippen LogP contribution in [0.3, 0.4) is 0 Å². The van der Waals surface area contributed by atoms with Crippen LogP contribution in [0.1, 0.15) is 35.1 Å². The van der Waals surface area contributed by atoms with Gasteiger partial charge in [0.2, 0.25) is 0 Å². The van der Waals surface area contributed by atoms with E-state index in [1.54, 1.807) is 18.2 Å². The van der Waals surface area contributed by atoms with Gasteiger partial charge in [-0.3, -0.25) is 0 Å². The molecule has 0 fully saturated rings. The number of aliphatic hydroxyl groups excluding tert-OH is 1. The average molecular weight is 340 g/mol. The topological polar surface area (TPSA) is 56.5 Å². The second-order valence-electron chi connectivity index (χ2n) is 6.62. The standard InChI is InChI=1S/C20H21FN2O2/c1-23(2)9-3-8-20(18-7-5-16(21)11-19(18)25-20)17-6-4-14(12-22)10-15(17)13-24/h4-7,10-11,24H,3,8-9,13H2,1-2H3. The van der Waals surface area contributed by atoms with E-state index in [0.29, 0.717) is 23.3 Å². The van der Waals surface area contributed by atoms with Crippen LogP contribution in [0.4, 0.5) is 4.39 Å². The highest BCUT2D eigenvalue weighted by Gasteiger charge is 2.47. The Morgan fingerprint density at radius 1 is 1.20 bits per heavy atom. The molecule has 2 aromatic rings. The van der Waals surface area contributed by atoms with E-state index >= 15 is 0 Å². The van der Waals surface area contributed by atoms with Gasteiger partial charge in [0.25, 0.3) is 0 Å². The molecule has 130 valence electrons. The molecule has 0 aromatic heterocycles. The lowest BCUT2D eigenvalue weighted by Gasteiger charge is -2.45. The molecule has 1 atom stereocenters. The molecule has 2 aromatic carbocycles. The normalized spacial score (nSPS) is 18.2. The molecule has 5 heteroatoms. The fourth-order valence-electron chi connectivity index (χ4n) is 3.46. The molecule has 1 aliphatic heterocycles. The van der Waals surface area contributed by atoms with Crippen molar-refractivity contribution in [3.8, 4) is 11.8 Å². The van der Waals surface area contributed by atoms with E-state index in [9.17, 15) is 9.50 Å². The first kappa shape index (κ1) is 17.4. The summed E-state index contributed by atoms with van der Waals surface area (Å²) in [6.07, 6.45) is 1.59. The van der Waals surface area contributed by atoms with E-state index in [0.717, 1.165) is 24.1 Å². The zero-order chi connectivity index (χ0) is 18.0. The van der Waals surface area contributed by atoms with E-state index < -0.39 is 5.60 Å². The van der Waals surface area contributed by atoms with Crippen LogP contribution in [-0.4, -0.2) is 30.6 Å². The molecule has 1 aliphatic rings. The summed E-state index contributed by atoms with van der Waals surface area (Å²) in [7, 11) is 4.02. The Kier molecular flexibility index (Phi) is 4.76. The zero-order valence-electron chi connectivity index (χ0n) is 14.4. The molecule has 0 saturated heterocycles. The molecule has 0 spiro atoms. The van der Waals surface area contributed by atoms with Gasteiger partial charge in [0.1, 0.15) is 11.6 Å². The number of benzene rings is 2. The fraction of sp³-hybridized carbons (Fsp3) is 0.350. The maximum absolute atomic E-state index is 13.5. The lowest BCUT2D eigenvalue weighted by molar-refractivity contribution is 0.0391. The maximum Gasteiger partial charge on any atom is 0.163 e. The predicted octanol–water partition coefficient (Wildman–Crippen LogP) is 3.17. The van der Waals surface area contributed by atoms with Crippen molar-refractivity contribution < 1.29 is 14.2 Å². The van der Waals surface area contributed by atoms with Gasteiger partial charge >= 0.3 is 0 Å². The third-order valence-corrected chi connectivity index (χ3v) is 4.64. The van der Waals surface area contributed by atoms with Crippen molar-refractivity contribution in [1.29, 1.82) is 5.26 Å². The zero-order valence-corrected chi connectivity index (χ0v) is 14.4. The van der Waals surface area contributed by atoms with Gasteiger partial charge in [-0.2, -0.15) is 5.26 Å². The summed E-state index contributed by atoms with van der Waals surface area (Å²) in [5, 5.41) is 18.9. The molecule has 3 rings (SSSR count). The lowest BCUT2D eigenvalue weighted by atomic mass is 9.76. The van der Waals surface area contributed by atoms with Crippen molar-refractivity contribution in [2.24, 2.45) is 0 Å². The van der Waals surface area contributed by atoms with E-state index in [4.69, 9.17) is 10.00 Å². The highest BCUT2D eigenvalue weighted by molar-refractivity contribution is 5.55. The van der Waals surface area contributed by atoms with Crippen LogP contribution in [0.5, 0.6) is 5.75 Å². The van der Waals surface area contributed by atoms with Gasteiger partial charge in [-0.1, -0.05) is 6.07 Å². The molecule has 1 unspecified atom stereocenters. The van der Waals surface area contributed by atoms with E-state index in [-0.39, 0.29) is 12.4 Å². The van der Waals surface area contributed by atoms with Crippen molar-refractivity contribution in [1.82, 2.24) is 4.90 Å². The molecule has 1 heterocycles. The number of rotatable bonds is 6. The minimum atomic E-state index is -0.703. The number of halogens is 1. The number of hydrogen-bond donors (Lipinski definition) is 1. The fourth-order valence-corrected chi connectivity index (χ4v) is 3.46. The number of fused-ring (bicyclic) bond motifs is 1. The first-order valence-corrected chi connectivity index (χ1v) is 8.28. The van der Waals surface area contributed by atoms with Gasteiger partial charge in [0.15, 0.2) is 5.60 Å². The third kappa shape index (κ3) is 3.11. The first-order valence-electron chi connectivity index (χ1n) is 8.28. The number of aliphatic hydroxyl groups is 1. The van der Waals surface area contributed by atoms with Gasteiger partial charge in [-0.15, -0.1) is 0 Å². The Bertz CT molecular complexity index is 829. The molecule has 1 N–H and O–H groups in total. The molecule has 0 saturated carbocycles. The molecule has 0 amide bonds. The van der Waals surface area contributed by atoms with Crippen molar-refractivity contribution in [3.63, 3.8) is 0 Å². The number of nitrogens with zero attached hydrogens (tertiary/aromatic N) is 2. The van der Waals surface area contributed by atoms with E-state index in [2.05, 4.69) is 11.0 Å². The van der Waals surface area contributed by atoms with Crippen LogP contribution in [0.25, 0.3) is 0 Å². The van der Waals surface area contributed by atoms with Crippen LogP contribution < -0.4 is 4.74 Å². The van der Waals surface area contributed by atoms with Gasteiger partial charge in [0, 0.05) is 17.2 Å². The van der Waals surface area contributed by atoms with Crippen molar-refractivity contribution in [2.75, 3.05) is 20.6 Å². The largest absolute Gasteiger partial charge is 0.477 e. The van der Waals surface area contributed by atoms with Crippen molar-refractivity contribution >= 4 is 0 Å². The number of hydrogen-bond acceptors (Lipinski definition) is 4. The van der Waals surface area contributed by atoms with Crippen LogP contribution in [-0.2, 0) is 12.2 Å². The number of nitriles is 1. The molecule has 0 aliphatic carbocycles. The minimum absolute atomic E-state index is 0.180. The second kappa shape index (κ2) is 6.83. The van der Waals surface area contributed by atoms with Crippen LogP contribution in [0.2, 0.25) is 0 Å². The second-order valence-corrected chi connectivity index (χ2v) is 6.62. The van der Waals surface area contributed by atoms with Crippen LogP contribution in [0.15, 0.2) is 36.4 Å². The quantitative estimate of drug-likeness (QED) is 0.877. The first-order chi connectivity index (χ1) is 12.0. The van der Waals surface area contributed by atoms with Crippen LogP contribution >= 0.6 is 0 Å². The molecule has 4 nitrogen and oxygen atoms in total. The summed E-state index contributed by atoms with van der Waals surface area (Å²) >= 11 is 0. The molecule has 0 bridgehead atoms. The van der Waals surface area contributed by atoms with Crippen LogP contribution in [0, 0.1) is 17.1 Å². The Balaban J connectivity index is 2.04.